The molecule has 1 radical (unpaired) electrons. The van der Waals surface area contributed by atoms with Crippen molar-refractivity contribution in [2.75, 3.05) is 0 Å². The predicted octanol–water partition coefficient (Wildman–Crippen LogP) is -14.7. The first kappa shape index (κ1) is 182. The number of rotatable bonds is 2. The first-order valence-corrected chi connectivity index (χ1v) is 6.38. The summed E-state index contributed by atoms with van der Waals surface area (Å²) in [6, 6.07) is 5.81. The Kier molecular flexibility index (Phi) is 432. The van der Waals surface area contributed by atoms with Crippen LogP contribution >= 0.6 is 12.4 Å². The molecule has 1 rings (SSSR count). The zero-order valence-corrected chi connectivity index (χ0v) is 21.9. The van der Waals surface area contributed by atoms with E-state index in [9.17, 15) is 9.59 Å². The van der Waals surface area contributed by atoms with Crippen molar-refractivity contribution in [2.24, 2.45) is 0 Å². The molecule has 1 aromatic rings. The Balaban J connectivity index is -0.00000000548. The smallest absolute Gasteiger partial charge is 0 e. The maximum Gasteiger partial charge on any atom is 0.316 e. The fraction of sp³-hybridized carbons (Fsp3) is 0.200. The van der Waals surface area contributed by atoms with Crippen LogP contribution in [0.5, 0.6) is 5.75 Å². The van der Waals surface area contributed by atoms with Gasteiger partial charge in [-0.15, -0.1) is 12.4 Å². The molecular weight excluding hydrogens is 732 g/mol. The van der Waals surface area contributed by atoms with E-state index in [-0.39, 0.29) is 189 Å². The van der Waals surface area contributed by atoms with Crippen molar-refractivity contribution in [1.29, 1.82) is 0 Å². The van der Waals surface area contributed by atoms with E-state index in [2.05, 4.69) is 0 Å². The molecule has 0 amide bonds. The molecule has 0 heterocycles. The van der Waals surface area contributed by atoms with Gasteiger partial charge in [-0.2, -0.15) is 8.42 Å². The molecule has 38 N–H and O–H groups in total. The zero-order chi connectivity index (χ0) is 17.2. The van der Waals surface area contributed by atoms with Crippen LogP contribution in [0.15, 0.2) is 24.3 Å². The molecule has 41 heavy (non-hydrogen) atoms. The largest absolute Gasteiger partial charge is 0.316 e. The van der Waals surface area contributed by atoms with Crippen LogP contribution in [0.1, 0.15) is 17.3 Å². The second-order valence-electron chi connectivity index (χ2n) is 3.28. The Labute approximate surface area is 294 Å². The first-order chi connectivity index (χ1) is 9.36. The number of aromatic hydroxyl groups is 1. The SMILES string of the molecule is CC(O)C(=O)O.Cl.O.O.O.O.O.O.O.O.O.O.O.O.O.O.O.O.O=C(O)c1ccccc1O.O=S(=O)(O)O.[CaH2].[Cu].[MgH2]. The third-order valence-corrected chi connectivity index (χ3v) is 1.49. The van der Waals surface area contributed by atoms with E-state index >= 15 is 0 Å². The van der Waals surface area contributed by atoms with Crippen molar-refractivity contribution < 1.29 is 152 Å². The number of halogens is 1. The van der Waals surface area contributed by atoms with E-state index in [4.69, 9.17) is 37.9 Å². The van der Waals surface area contributed by atoms with Gasteiger partial charge in [-0.3, -0.25) is 9.11 Å². The molecule has 0 aliphatic rings. The molecule has 1 aromatic carbocycles. The summed E-state index contributed by atoms with van der Waals surface area (Å²) in [5, 5.41) is 33.1. The summed E-state index contributed by atoms with van der Waals surface area (Å²) in [4.78, 5) is 19.7. The predicted molar refractivity (Wildman–Crippen MR) is 151 cm³/mol. The Morgan fingerprint density at radius 3 is 0.951 bits per heavy atom. The number of carboxylic acids is 2. The van der Waals surface area contributed by atoms with E-state index < -0.39 is 28.4 Å². The Morgan fingerprint density at radius 2 is 0.854 bits per heavy atom. The average Bonchev–Trinajstić information content (AvgIpc) is 2.27. The minimum absolute atomic E-state index is 0. The monoisotopic (exact) mass is 781 g/mol. The Bertz CT molecular complexity index is 593. The maximum atomic E-state index is 10.3. The van der Waals surface area contributed by atoms with Crippen molar-refractivity contribution >= 4 is 95.5 Å². The van der Waals surface area contributed by atoms with E-state index in [1.165, 1.54) is 19.1 Å². The zero-order valence-electron chi connectivity index (χ0n) is 19.3. The van der Waals surface area contributed by atoms with Crippen LogP contribution in [-0.2, 0) is 32.3 Å². The number of para-hydroxylation sites is 1. The number of phenols is 1. The number of aliphatic hydroxyl groups is 1. The average molecular weight is 783 g/mol. The summed E-state index contributed by atoms with van der Waals surface area (Å²) in [7, 11) is -4.67. The molecule has 26 nitrogen and oxygen atoms in total. The van der Waals surface area contributed by atoms with Crippen LogP contribution in [0.3, 0.4) is 0 Å². The van der Waals surface area contributed by atoms with Gasteiger partial charge >= 0.3 is 83.1 Å². The van der Waals surface area contributed by atoms with Gasteiger partial charge in [0, 0.05) is 17.1 Å². The molecule has 0 spiro atoms. The summed E-state index contributed by atoms with van der Waals surface area (Å²) in [5.74, 6) is -2.50. The normalized spacial score (nSPS) is 5.66. The Morgan fingerprint density at radius 1 is 0.683 bits per heavy atom. The quantitative estimate of drug-likeness (QED) is 0.121. The summed E-state index contributed by atoms with van der Waals surface area (Å²) in [5.41, 5.74) is -0.0671. The third kappa shape index (κ3) is 160. The number of hydrogen-bond acceptors (Lipinski definition) is 6. The first-order valence-electron chi connectivity index (χ1n) is 4.98. The fourth-order valence-corrected chi connectivity index (χ4v) is 0.654. The molecule has 31 heteroatoms. The molecule has 0 aromatic heterocycles. The number of aliphatic carboxylic acids is 1. The van der Waals surface area contributed by atoms with Crippen LogP contribution in [0.2, 0.25) is 0 Å². The third-order valence-electron chi connectivity index (χ3n) is 1.49. The van der Waals surface area contributed by atoms with Gasteiger partial charge in [0.1, 0.15) is 17.4 Å². The molecule has 0 saturated heterocycles. The van der Waals surface area contributed by atoms with Crippen LogP contribution in [0.25, 0.3) is 0 Å². The van der Waals surface area contributed by atoms with Crippen LogP contribution in [-0.4, -0.2) is 204 Å². The van der Waals surface area contributed by atoms with Crippen LogP contribution in [0, 0.1) is 0 Å². The molecule has 1 unspecified atom stereocenters. The number of carbonyl (C=O) groups is 2. The van der Waals surface area contributed by atoms with Crippen molar-refractivity contribution in [3.8, 4) is 5.75 Å². The van der Waals surface area contributed by atoms with Crippen molar-refractivity contribution in [2.45, 2.75) is 13.0 Å². The Hall–Kier alpha value is -0.0145. The molecule has 0 aliphatic carbocycles. The second kappa shape index (κ2) is 97.3. The van der Waals surface area contributed by atoms with Gasteiger partial charge in [0.05, 0.1) is 0 Å². The molecule has 0 aliphatic heterocycles. The van der Waals surface area contributed by atoms with Gasteiger partial charge in [-0.1, -0.05) is 12.1 Å². The number of benzene rings is 1. The minimum atomic E-state index is -4.67. The molecule has 1 atom stereocenters. The maximum absolute atomic E-state index is 10.3. The number of aromatic carboxylic acids is 1. The standard InChI is InChI=1S/C7H6O3.C3H6O3.Ca.ClH.Cu.Mg.H2O4S.16H2O.4H/c8-6-4-2-1-3-5(6)7(9)10;1-2(4)3(5)6;;;;;1-5(2,3)4;;;;;;;;;;;;;;;;;;;;/h1-4,8H,(H,9,10);2,4H,1H3,(H,5,6);;1H;;;(H2,1,2,3,4);16*1H2;;;;. The molecule has 0 bridgehead atoms. The van der Waals surface area contributed by atoms with Crippen molar-refractivity contribution in [1.82, 2.24) is 0 Å². The summed E-state index contributed by atoms with van der Waals surface area (Å²) >= 11 is 0. The van der Waals surface area contributed by atoms with Gasteiger partial charge in [0.15, 0.2) is 0 Å². The van der Waals surface area contributed by atoms with Crippen LogP contribution in [0.4, 0.5) is 0 Å². The van der Waals surface area contributed by atoms with Gasteiger partial charge in [-0.05, 0) is 19.1 Å². The molecule has 0 fully saturated rings. The van der Waals surface area contributed by atoms with Gasteiger partial charge in [0.2, 0.25) is 0 Å². The summed E-state index contributed by atoms with van der Waals surface area (Å²) in [6.07, 6.45) is -1.23. The molecular formula is C10H51CaClCuMgO26S. The van der Waals surface area contributed by atoms with E-state index in [1.807, 2.05) is 0 Å². The van der Waals surface area contributed by atoms with E-state index in [0.29, 0.717) is 0 Å². The van der Waals surface area contributed by atoms with Crippen molar-refractivity contribution in [3.63, 3.8) is 0 Å². The van der Waals surface area contributed by atoms with E-state index in [0.717, 1.165) is 0 Å². The second-order valence-corrected chi connectivity index (χ2v) is 4.18. The van der Waals surface area contributed by atoms with Crippen molar-refractivity contribution in [3.05, 3.63) is 29.8 Å². The number of carboxylic acid groups (broad SMARTS) is 2. The van der Waals surface area contributed by atoms with Gasteiger partial charge < -0.3 is 108 Å². The topological polar surface area (TPSA) is 694 Å². The van der Waals surface area contributed by atoms with E-state index in [1.54, 1.807) is 12.1 Å². The number of aliphatic hydroxyl groups excluding tert-OH is 1. The summed E-state index contributed by atoms with van der Waals surface area (Å²) < 4.78 is 31.6. The number of hydrogen-bond donors (Lipinski definition) is 6. The van der Waals surface area contributed by atoms with Crippen LogP contribution < -0.4 is 0 Å². The fourth-order valence-electron chi connectivity index (χ4n) is 0.654. The van der Waals surface area contributed by atoms with Gasteiger partial charge in [0.25, 0.3) is 0 Å². The van der Waals surface area contributed by atoms with Gasteiger partial charge in [-0.25, -0.2) is 9.59 Å². The minimum Gasteiger partial charge on any atom is 0 e. The molecule has 275 valence electrons. The molecule has 0 saturated carbocycles. The summed E-state index contributed by atoms with van der Waals surface area (Å²) in [6.45, 7) is 1.20.